The summed E-state index contributed by atoms with van der Waals surface area (Å²) in [5, 5.41) is 3.23. The molecule has 2 heterocycles. The molecule has 2 aromatic rings. The molecular weight excluding hydrogens is 258 g/mol. The topological polar surface area (TPSA) is 68.0 Å². The lowest BCUT2D eigenvalue weighted by Gasteiger charge is -2.01. The molecule has 0 aliphatic carbocycles. The second-order valence-corrected chi connectivity index (χ2v) is 5.40. The first kappa shape index (κ1) is 10.6. The molecule has 0 spiro atoms. The van der Waals surface area contributed by atoms with Crippen molar-refractivity contribution < 1.29 is 4.79 Å². The molecule has 1 amide bonds. The Hall–Kier alpha value is -1.59. The molecule has 0 unspecified atom stereocenters. The first-order chi connectivity index (χ1) is 8.13. The number of aromatic nitrogens is 1. The smallest absolute Gasteiger partial charge is 0.228 e. The highest BCUT2D eigenvalue weighted by Crippen LogP contribution is 2.36. The van der Waals surface area contributed by atoms with Crippen LogP contribution in [0, 0.1) is 0 Å². The Morgan fingerprint density at radius 1 is 1.47 bits per heavy atom. The van der Waals surface area contributed by atoms with Gasteiger partial charge in [0.05, 0.1) is 6.42 Å². The molecule has 0 atom stereocenters. The number of hydrogen-bond donors (Lipinski definition) is 2. The fourth-order valence-corrected chi connectivity index (χ4v) is 2.84. The van der Waals surface area contributed by atoms with Crippen LogP contribution in [0.15, 0.2) is 18.2 Å². The predicted octanol–water partition coefficient (Wildman–Crippen LogP) is 2.54. The Labute approximate surface area is 106 Å². The number of nitrogen functional groups attached to an aromatic ring is 1. The molecule has 4 nitrogen and oxygen atoms in total. The Morgan fingerprint density at radius 2 is 2.29 bits per heavy atom. The van der Waals surface area contributed by atoms with E-state index in [-0.39, 0.29) is 5.91 Å². The minimum absolute atomic E-state index is 0.0149. The molecule has 3 rings (SSSR count). The summed E-state index contributed by atoms with van der Waals surface area (Å²) < 4.78 is 0.569. The third-order valence-electron chi connectivity index (χ3n) is 2.61. The van der Waals surface area contributed by atoms with Gasteiger partial charge in [0.25, 0.3) is 0 Å². The third kappa shape index (κ3) is 1.77. The maximum absolute atomic E-state index is 11.2. The Balaban J connectivity index is 2.09. The van der Waals surface area contributed by atoms with Gasteiger partial charge in [-0.15, -0.1) is 0 Å². The van der Waals surface area contributed by atoms with E-state index in [0.29, 0.717) is 21.6 Å². The summed E-state index contributed by atoms with van der Waals surface area (Å²) in [4.78, 5) is 15.4. The number of carbonyl (C=O) groups is 1. The first-order valence-electron chi connectivity index (χ1n) is 4.98. The summed E-state index contributed by atoms with van der Waals surface area (Å²) in [6.45, 7) is 0. The molecule has 17 heavy (non-hydrogen) atoms. The van der Waals surface area contributed by atoms with Crippen molar-refractivity contribution in [1.82, 2.24) is 4.98 Å². The van der Waals surface area contributed by atoms with Gasteiger partial charge < -0.3 is 11.1 Å². The third-order valence-corrected chi connectivity index (χ3v) is 3.69. The fourth-order valence-electron chi connectivity index (χ4n) is 1.87. The average Bonchev–Trinajstić information content (AvgIpc) is 2.78. The number of nitrogens with one attached hydrogen (secondary N) is 1. The summed E-state index contributed by atoms with van der Waals surface area (Å²) in [6, 6.07) is 5.67. The van der Waals surface area contributed by atoms with Crippen molar-refractivity contribution >= 4 is 39.7 Å². The maximum atomic E-state index is 11.2. The lowest BCUT2D eigenvalue weighted by atomic mass is 10.1. The van der Waals surface area contributed by atoms with Crippen LogP contribution in [0.25, 0.3) is 11.3 Å². The van der Waals surface area contributed by atoms with Crippen LogP contribution in [0.2, 0.25) is 4.34 Å². The summed E-state index contributed by atoms with van der Waals surface area (Å²) in [5.74, 6) is 0.0149. The van der Waals surface area contributed by atoms with Crippen LogP contribution in [0.3, 0.4) is 0 Å². The minimum Gasteiger partial charge on any atom is -0.375 e. The summed E-state index contributed by atoms with van der Waals surface area (Å²) in [7, 11) is 0. The van der Waals surface area contributed by atoms with Crippen LogP contribution in [0.1, 0.15) is 5.56 Å². The second-order valence-electron chi connectivity index (χ2n) is 3.77. The molecule has 1 aromatic heterocycles. The summed E-state index contributed by atoms with van der Waals surface area (Å²) >= 11 is 7.30. The molecule has 0 saturated carbocycles. The van der Waals surface area contributed by atoms with Crippen LogP contribution in [0.5, 0.6) is 0 Å². The van der Waals surface area contributed by atoms with Gasteiger partial charge in [0.1, 0.15) is 10.0 Å². The van der Waals surface area contributed by atoms with Gasteiger partial charge in [0.2, 0.25) is 5.91 Å². The van der Waals surface area contributed by atoms with E-state index in [0.717, 1.165) is 16.8 Å². The van der Waals surface area contributed by atoms with Gasteiger partial charge in [0, 0.05) is 11.3 Å². The van der Waals surface area contributed by atoms with E-state index in [1.807, 2.05) is 18.2 Å². The zero-order valence-electron chi connectivity index (χ0n) is 8.66. The van der Waals surface area contributed by atoms with Crippen molar-refractivity contribution in [3.8, 4) is 11.3 Å². The number of nitrogens with zero attached hydrogens (tertiary/aromatic N) is 1. The van der Waals surface area contributed by atoms with Gasteiger partial charge in [0.15, 0.2) is 5.13 Å². The van der Waals surface area contributed by atoms with Crippen LogP contribution in [-0.4, -0.2) is 10.9 Å². The largest absolute Gasteiger partial charge is 0.375 e. The molecule has 1 aromatic carbocycles. The number of halogens is 1. The van der Waals surface area contributed by atoms with E-state index in [9.17, 15) is 4.79 Å². The molecule has 86 valence electrons. The predicted molar refractivity (Wildman–Crippen MR) is 69.3 cm³/mol. The zero-order valence-corrected chi connectivity index (χ0v) is 10.2. The number of amides is 1. The zero-order chi connectivity index (χ0) is 12.0. The van der Waals surface area contributed by atoms with Crippen LogP contribution < -0.4 is 11.1 Å². The van der Waals surface area contributed by atoms with E-state index in [1.54, 1.807) is 0 Å². The van der Waals surface area contributed by atoms with Crippen molar-refractivity contribution in [2.75, 3.05) is 11.1 Å². The van der Waals surface area contributed by atoms with Crippen molar-refractivity contribution in [3.63, 3.8) is 0 Å². The molecule has 0 saturated heterocycles. The number of hydrogen-bond acceptors (Lipinski definition) is 4. The number of anilines is 2. The highest BCUT2D eigenvalue weighted by Gasteiger charge is 2.19. The van der Waals surface area contributed by atoms with Crippen molar-refractivity contribution in [2.45, 2.75) is 6.42 Å². The Kier molecular flexibility index (Phi) is 2.31. The summed E-state index contributed by atoms with van der Waals surface area (Å²) in [5.41, 5.74) is 9.00. The molecular formula is C11H8ClN3OS. The first-order valence-corrected chi connectivity index (χ1v) is 6.18. The lowest BCUT2D eigenvalue weighted by Crippen LogP contribution is -2.03. The van der Waals surface area contributed by atoms with Gasteiger partial charge in [-0.3, -0.25) is 4.79 Å². The quantitative estimate of drug-likeness (QED) is 0.833. The van der Waals surface area contributed by atoms with Crippen molar-refractivity contribution in [1.29, 1.82) is 0 Å². The molecule has 1 aliphatic rings. The Bertz CT molecular complexity index is 623. The van der Waals surface area contributed by atoms with Crippen LogP contribution in [0.4, 0.5) is 10.8 Å². The normalized spacial score (nSPS) is 13.6. The number of carbonyl (C=O) groups excluding carboxylic acids is 1. The number of rotatable bonds is 1. The number of nitrogens with two attached hydrogens (primary N) is 1. The lowest BCUT2D eigenvalue weighted by molar-refractivity contribution is -0.115. The number of thiazole rings is 1. The minimum atomic E-state index is 0.0149. The average molecular weight is 266 g/mol. The van der Waals surface area contributed by atoms with Gasteiger partial charge in [-0.1, -0.05) is 29.0 Å². The van der Waals surface area contributed by atoms with Gasteiger partial charge in [-0.25, -0.2) is 4.98 Å². The molecule has 6 heteroatoms. The van der Waals surface area contributed by atoms with E-state index >= 15 is 0 Å². The molecule has 0 radical (unpaired) electrons. The monoisotopic (exact) mass is 265 g/mol. The number of fused-ring (bicyclic) bond motifs is 1. The van der Waals surface area contributed by atoms with Crippen molar-refractivity contribution in [3.05, 3.63) is 28.1 Å². The fraction of sp³-hybridized carbons (Fsp3) is 0.0909. The van der Waals surface area contributed by atoms with Gasteiger partial charge in [-0.2, -0.15) is 0 Å². The molecule has 0 bridgehead atoms. The number of benzene rings is 1. The molecule has 3 N–H and O–H groups in total. The highest BCUT2D eigenvalue weighted by atomic mass is 35.5. The van der Waals surface area contributed by atoms with E-state index in [4.69, 9.17) is 17.3 Å². The van der Waals surface area contributed by atoms with E-state index in [2.05, 4.69) is 10.3 Å². The van der Waals surface area contributed by atoms with Crippen LogP contribution in [-0.2, 0) is 11.2 Å². The molecule has 1 aliphatic heterocycles. The van der Waals surface area contributed by atoms with Crippen LogP contribution >= 0.6 is 22.9 Å². The maximum Gasteiger partial charge on any atom is 0.228 e. The highest BCUT2D eigenvalue weighted by molar-refractivity contribution is 7.19. The summed E-state index contributed by atoms with van der Waals surface area (Å²) in [6.07, 6.45) is 0.403. The molecule has 0 fully saturated rings. The Morgan fingerprint density at radius 3 is 3.00 bits per heavy atom. The van der Waals surface area contributed by atoms with E-state index in [1.165, 1.54) is 11.3 Å². The van der Waals surface area contributed by atoms with Gasteiger partial charge >= 0.3 is 0 Å². The standard InChI is InChI=1S/C11H8ClN3OS/c12-10-9(15-11(13)17-10)5-1-2-7-6(3-5)4-8(16)14-7/h1-3H,4H2,(H2,13,15)(H,14,16). The van der Waals surface area contributed by atoms with Gasteiger partial charge in [-0.05, 0) is 17.7 Å². The SMILES string of the molecule is Nc1nc(-c2ccc3c(c2)CC(=O)N3)c(Cl)s1. The second kappa shape index (κ2) is 3.72. The van der Waals surface area contributed by atoms with Crippen molar-refractivity contribution in [2.24, 2.45) is 0 Å². The van der Waals surface area contributed by atoms with E-state index < -0.39 is 0 Å².